The van der Waals surface area contributed by atoms with Crippen molar-refractivity contribution in [1.82, 2.24) is 0 Å². The normalized spacial score (nSPS) is 12.3. The molecule has 2 N–H and O–H groups in total. The minimum atomic E-state index is 0.00458. The monoisotopic (exact) mass is 302 g/mol. The van der Waals surface area contributed by atoms with Crippen LogP contribution < -0.4 is 14.2 Å². The van der Waals surface area contributed by atoms with Crippen molar-refractivity contribution in [3.63, 3.8) is 0 Å². The third-order valence-corrected chi connectivity index (χ3v) is 4.05. The van der Waals surface area contributed by atoms with Crippen LogP contribution in [0.1, 0.15) is 11.1 Å². The summed E-state index contributed by atoms with van der Waals surface area (Å²) in [6.45, 7) is 0. The fourth-order valence-corrected chi connectivity index (χ4v) is 3.09. The SMILES string of the molecule is COc1cc2c(c(OC)c1O)CCc1cc(O)cc(OC)c1-2. The van der Waals surface area contributed by atoms with Crippen molar-refractivity contribution < 1.29 is 24.4 Å². The number of hydrogen-bond donors (Lipinski definition) is 2. The molecule has 22 heavy (non-hydrogen) atoms. The molecule has 0 fully saturated rings. The molecule has 0 radical (unpaired) electrons. The number of benzene rings is 2. The van der Waals surface area contributed by atoms with E-state index in [0.717, 1.165) is 28.7 Å². The van der Waals surface area contributed by atoms with E-state index in [-0.39, 0.29) is 11.5 Å². The molecule has 2 aromatic carbocycles. The fraction of sp³-hybridized carbons (Fsp3) is 0.294. The number of rotatable bonds is 3. The van der Waals surface area contributed by atoms with Crippen molar-refractivity contribution in [3.05, 3.63) is 29.3 Å². The van der Waals surface area contributed by atoms with Gasteiger partial charge in [0.1, 0.15) is 11.5 Å². The van der Waals surface area contributed by atoms with Gasteiger partial charge >= 0.3 is 0 Å². The first kappa shape index (κ1) is 14.4. The highest BCUT2D eigenvalue weighted by molar-refractivity contribution is 5.84. The molecule has 3 rings (SSSR count). The Morgan fingerprint density at radius 1 is 0.864 bits per heavy atom. The van der Waals surface area contributed by atoms with Crippen molar-refractivity contribution in [1.29, 1.82) is 0 Å². The van der Waals surface area contributed by atoms with Gasteiger partial charge in [-0.15, -0.1) is 0 Å². The van der Waals surface area contributed by atoms with Gasteiger partial charge in [-0.25, -0.2) is 0 Å². The van der Waals surface area contributed by atoms with E-state index in [2.05, 4.69) is 0 Å². The van der Waals surface area contributed by atoms with Crippen LogP contribution in [-0.2, 0) is 12.8 Å². The van der Waals surface area contributed by atoms with Crippen molar-refractivity contribution in [2.24, 2.45) is 0 Å². The molecule has 0 heterocycles. The van der Waals surface area contributed by atoms with Crippen molar-refractivity contribution in [2.75, 3.05) is 21.3 Å². The second kappa shape index (κ2) is 5.33. The Morgan fingerprint density at radius 2 is 1.59 bits per heavy atom. The summed E-state index contributed by atoms with van der Waals surface area (Å²) >= 11 is 0. The number of phenols is 2. The molecule has 1 aliphatic carbocycles. The molecule has 5 heteroatoms. The molecule has 116 valence electrons. The first-order chi connectivity index (χ1) is 10.6. The zero-order valence-corrected chi connectivity index (χ0v) is 12.8. The van der Waals surface area contributed by atoms with Crippen molar-refractivity contribution in [2.45, 2.75) is 12.8 Å². The van der Waals surface area contributed by atoms with Crippen LogP contribution in [-0.4, -0.2) is 31.5 Å². The lowest BCUT2D eigenvalue weighted by molar-refractivity contribution is 0.337. The maximum Gasteiger partial charge on any atom is 0.201 e. The predicted molar refractivity (Wildman–Crippen MR) is 82.3 cm³/mol. The minimum absolute atomic E-state index is 0.00458. The van der Waals surface area contributed by atoms with Gasteiger partial charge in [0.25, 0.3) is 0 Å². The Labute approximate surface area is 128 Å². The summed E-state index contributed by atoms with van der Waals surface area (Å²) in [5, 5.41) is 20.1. The van der Waals surface area contributed by atoms with Crippen LogP contribution in [0.15, 0.2) is 18.2 Å². The van der Waals surface area contributed by atoms with E-state index in [1.54, 1.807) is 25.3 Å². The Hall–Kier alpha value is -2.56. The number of hydrogen-bond acceptors (Lipinski definition) is 5. The van der Waals surface area contributed by atoms with E-state index in [1.807, 2.05) is 0 Å². The Morgan fingerprint density at radius 3 is 2.23 bits per heavy atom. The largest absolute Gasteiger partial charge is 0.508 e. The van der Waals surface area contributed by atoms with Gasteiger partial charge < -0.3 is 24.4 Å². The van der Waals surface area contributed by atoms with Crippen LogP contribution in [0.25, 0.3) is 11.1 Å². The molecule has 0 unspecified atom stereocenters. The molecule has 0 saturated carbocycles. The molecule has 5 nitrogen and oxygen atoms in total. The Kier molecular flexibility index (Phi) is 3.48. The lowest BCUT2D eigenvalue weighted by Crippen LogP contribution is -2.08. The van der Waals surface area contributed by atoms with E-state index < -0.39 is 0 Å². The fourth-order valence-electron chi connectivity index (χ4n) is 3.09. The first-order valence-electron chi connectivity index (χ1n) is 6.97. The second-order valence-electron chi connectivity index (χ2n) is 5.17. The van der Waals surface area contributed by atoms with Crippen LogP contribution in [0.5, 0.6) is 28.7 Å². The molecular weight excluding hydrogens is 284 g/mol. The van der Waals surface area contributed by atoms with Gasteiger partial charge in [-0.1, -0.05) is 0 Å². The number of ether oxygens (including phenoxy) is 3. The highest BCUT2D eigenvalue weighted by Gasteiger charge is 2.27. The number of aryl methyl sites for hydroxylation is 1. The molecule has 0 saturated heterocycles. The third-order valence-electron chi connectivity index (χ3n) is 4.05. The summed E-state index contributed by atoms with van der Waals surface area (Å²) in [5.41, 5.74) is 3.71. The van der Waals surface area contributed by atoms with Gasteiger partial charge in [0.05, 0.1) is 21.3 Å². The summed E-state index contributed by atoms with van der Waals surface area (Å²) in [7, 11) is 4.59. The van der Waals surface area contributed by atoms with E-state index in [1.165, 1.54) is 14.2 Å². The molecule has 0 atom stereocenters. The van der Waals surface area contributed by atoms with Gasteiger partial charge in [0.2, 0.25) is 5.75 Å². The zero-order valence-electron chi connectivity index (χ0n) is 12.8. The Balaban J connectivity index is 2.35. The second-order valence-corrected chi connectivity index (χ2v) is 5.17. The van der Waals surface area contributed by atoms with Gasteiger partial charge in [-0.3, -0.25) is 0 Å². The highest BCUT2D eigenvalue weighted by Crippen LogP contribution is 2.50. The van der Waals surface area contributed by atoms with Gasteiger partial charge in [-0.2, -0.15) is 0 Å². The van der Waals surface area contributed by atoms with Crippen LogP contribution in [0.3, 0.4) is 0 Å². The average molecular weight is 302 g/mol. The molecule has 0 aromatic heterocycles. The quantitative estimate of drug-likeness (QED) is 0.912. The molecule has 0 aliphatic heterocycles. The summed E-state index contributed by atoms with van der Waals surface area (Å²) in [6, 6.07) is 5.11. The van der Waals surface area contributed by atoms with Gasteiger partial charge in [0.15, 0.2) is 11.5 Å². The topological polar surface area (TPSA) is 68.2 Å². The summed E-state index contributed by atoms with van der Waals surface area (Å²) in [6.07, 6.45) is 1.44. The molecule has 0 bridgehead atoms. The summed E-state index contributed by atoms with van der Waals surface area (Å²) in [4.78, 5) is 0. The molecule has 0 amide bonds. The number of fused-ring (bicyclic) bond motifs is 3. The lowest BCUT2D eigenvalue weighted by Gasteiger charge is -2.25. The van der Waals surface area contributed by atoms with Crippen molar-refractivity contribution >= 4 is 0 Å². The van der Waals surface area contributed by atoms with E-state index in [0.29, 0.717) is 23.7 Å². The van der Waals surface area contributed by atoms with E-state index in [4.69, 9.17) is 14.2 Å². The lowest BCUT2D eigenvalue weighted by atomic mass is 9.84. The van der Waals surface area contributed by atoms with Crippen LogP contribution >= 0.6 is 0 Å². The van der Waals surface area contributed by atoms with E-state index in [9.17, 15) is 10.2 Å². The zero-order chi connectivity index (χ0) is 15.9. The maximum atomic E-state index is 10.2. The molecule has 2 aromatic rings. The Bertz CT molecular complexity index is 719. The highest BCUT2D eigenvalue weighted by atomic mass is 16.5. The average Bonchev–Trinajstić information content (AvgIpc) is 2.52. The van der Waals surface area contributed by atoms with Gasteiger partial charge in [-0.05, 0) is 36.1 Å². The number of phenolic OH excluding ortho intramolecular Hbond substituents is 2. The number of aromatic hydroxyl groups is 2. The van der Waals surface area contributed by atoms with Crippen LogP contribution in [0.4, 0.5) is 0 Å². The predicted octanol–water partition coefficient (Wildman–Crippen LogP) is 2.89. The third kappa shape index (κ3) is 2.01. The number of methoxy groups -OCH3 is 3. The molecular formula is C17H18O5. The van der Waals surface area contributed by atoms with Crippen molar-refractivity contribution in [3.8, 4) is 39.9 Å². The molecule has 1 aliphatic rings. The van der Waals surface area contributed by atoms with E-state index >= 15 is 0 Å². The van der Waals surface area contributed by atoms with Gasteiger partial charge in [0, 0.05) is 17.2 Å². The first-order valence-corrected chi connectivity index (χ1v) is 6.97. The smallest absolute Gasteiger partial charge is 0.201 e. The summed E-state index contributed by atoms with van der Waals surface area (Å²) in [5.74, 6) is 1.54. The maximum absolute atomic E-state index is 10.2. The minimum Gasteiger partial charge on any atom is -0.508 e. The van der Waals surface area contributed by atoms with Crippen LogP contribution in [0.2, 0.25) is 0 Å². The standard InChI is InChI=1S/C17H18O5/c1-20-13-7-10(18)6-9-4-5-11-12(15(9)13)8-14(21-2)16(19)17(11)22-3/h6-8,18-19H,4-5H2,1-3H3. The molecule has 0 spiro atoms. The van der Waals surface area contributed by atoms with Crippen LogP contribution in [0, 0.1) is 0 Å². The summed E-state index contributed by atoms with van der Waals surface area (Å²) < 4.78 is 16.0.